The summed E-state index contributed by atoms with van der Waals surface area (Å²) in [7, 11) is 6.03. The summed E-state index contributed by atoms with van der Waals surface area (Å²) in [5.41, 5.74) is 7.47. The lowest BCUT2D eigenvalue weighted by atomic mass is 9.91. The summed E-state index contributed by atoms with van der Waals surface area (Å²) in [6.07, 6.45) is 13.4. The van der Waals surface area contributed by atoms with Crippen molar-refractivity contribution in [2.75, 3.05) is 49.8 Å². The Kier molecular flexibility index (Phi) is 9.19. The molecule has 4 aliphatic rings. The van der Waals surface area contributed by atoms with Crippen molar-refractivity contribution in [1.29, 1.82) is 0 Å². The van der Waals surface area contributed by atoms with E-state index in [1.807, 2.05) is 18.4 Å². The van der Waals surface area contributed by atoms with E-state index in [1.165, 1.54) is 5.69 Å². The monoisotopic (exact) mass is 607 g/mol. The zero-order chi connectivity index (χ0) is 31.5. The number of nitrogens with one attached hydrogen (secondary N) is 3. The topological polar surface area (TPSA) is 93.6 Å². The number of carbonyl (C=O) groups excluding carboxylic acids is 1. The van der Waals surface area contributed by atoms with Gasteiger partial charge in [-0.1, -0.05) is 50.3 Å². The number of ether oxygens (including phenoxy) is 1. The average molecular weight is 608 g/mol. The fourth-order valence-electron chi connectivity index (χ4n) is 6.76. The zero-order valence-electron chi connectivity index (χ0n) is 27.0. The molecule has 1 saturated heterocycles. The van der Waals surface area contributed by atoms with Crippen LogP contribution >= 0.6 is 0 Å². The highest BCUT2D eigenvalue weighted by Gasteiger charge is 2.37. The van der Waals surface area contributed by atoms with Crippen LogP contribution in [0.1, 0.15) is 37.8 Å². The van der Waals surface area contributed by atoms with E-state index < -0.39 is 6.29 Å². The van der Waals surface area contributed by atoms with Crippen molar-refractivity contribution >= 4 is 34.9 Å². The lowest BCUT2D eigenvalue weighted by molar-refractivity contribution is -0.112. The molecule has 1 amide bonds. The first-order valence-electron chi connectivity index (χ1n) is 16.1. The highest BCUT2D eigenvalue weighted by Crippen LogP contribution is 2.34. The Hall–Kier alpha value is -4.21. The molecule has 0 bridgehead atoms. The number of amides is 1. The molecular weight excluding hydrogens is 562 g/mol. The molecule has 1 fully saturated rings. The average Bonchev–Trinajstić information content (AvgIpc) is 3.41. The van der Waals surface area contributed by atoms with Crippen LogP contribution in [-0.2, 0) is 17.6 Å². The fourth-order valence-corrected chi connectivity index (χ4v) is 6.76. The molecule has 0 radical (unpaired) electrons. The number of aryl methyl sites for hydroxylation is 2. The van der Waals surface area contributed by atoms with Crippen LogP contribution in [-0.4, -0.2) is 75.4 Å². The molecule has 9 nitrogen and oxygen atoms in total. The van der Waals surface area contributed by atoms with Gasteiger partial charge in [0.15, 0.2) is 6.29 Å². The number of anilines is 3. The van der Waals surface area contributed by atoms with Gasteiger partial charge in [0.05, 0.1) is 30.1 Å². The molecule has 2 aromatic rings. The molecule has 236 valence electrons. The highest BCUT2D eigenvalue weighted by molar-refractivity contribution is 6.22. The second-order valence-electron chi connectivity index (χ2n) is 12.3. The van der Waals surface area contributed by atoms with Crippen molar-refractivity contribution in [1.82, 2.24) is 10.2 Å². The lowest BCUT2D eigenvalue weighted by Crippen LogP contribution is -2.53. The third-order valence-corrected chi connectivity index (χ3v) is 9.44. The van der Waals surface area contributed by atoms with Crippen molar-refractivity contribution in [3.05, 3.63) is 83.1 Å². The van der Waals surface area contributed by atoms with Gasteiger partial charge in [0.2, 0.25) is 0 Å². The Balaban J connectivity index is 1.14. The maximum atomic E-state index is 13.6. The van der Waals surface area contributed by atoms with Crippen molar-refractivity contribution in [2.24, 2.45) is 15.9 Å². The molecule has 45 heavy (non-hydrogen) atoms. The summed E-state index contributed by atoms with van der Waals surface area (Å²) in [6.45, 7) is 6.28. The van der Waals surface area contributed by atoms with E-state index in [9.17, 15) is 4.79 Å². The van der Waals surface area contributed by atoms with Gasteiger partial charge in [-0.25, -0.2) is 0 Å². The number of methoxy groups -OCH3 is 1. The van der Waals surface area contributed by atoms with Gasteiger partial charge in [-0.3, -0.25) is 20.1 Å². The van der Waals surface area contributed by atoms with Gasteiger partial charge in [0.1, 0.15) is 5.75 Å². The molecule has 1 aliphatic carbocycles. The lowest BCUT2D eigenvalue weighted by Gasteiger charge is -2.36. The predicted octanol–water partition coefficient (Wildman–Crippen LogP) is 5.18. The van der Waals surface area contributed by atoms with E-state index in [2.05, 4.69) is 96.2 Å². The van der Waals surface area contributed by atoms with E-state index in [1.54, 1.807) is 13.3 Å². The van der Waals surface area contributed by atoms with Gasteiger partial charge in [0, 0.05) is 60.5 Å². The maximum absolute atomic E-state index is 13.6. The first-order chi connectivity index (χ1) is 21.9. The first-order valence-corrected chi connectivity index (χ1v) is 16.1. The number of piperidine rings is 1. The number of carbonyl (C=O) groups is 1. The van der Waals surface area contributed by atoms with Crippen LogP contribution in [0.4, 0.5) is 17.1 Å². The van der Waals surface area contributed by atoms with Crippen LogP contribution < -0.4 is 25.6 Å². The minimum Gasteiger partial charge on any atom is -0.495 e. The fraction of sp³-hybridized carbons (Fsp3) is 0.417. The molecule has 9 heteroatoms. The van der Waals surface area contributed by atoms with Gasteiger partial charge in [-0.05, 0) is 63.0 Å². The van der Waals surface area contributed by atoms with Crippen LogP contribution in [0, 0.1) is 5.92 Å². The van der Waals surface area contributed by atoms with Gasteiger partial charge in [-0.2, -0.15) is 0 Å². The number of aliphatic imine (C=N–C) groups is 2. The molecule has 3 atom stereocenters. The van der Waals surface area contributed by atoms with Gasteiger partial charge in [0.25, 0.3) is 5.91 Å². The number of allylic oxidation sites excluding steroid dienone is 2. The summed E-state index contributed by atoms with van der Waals surface area (Å²) >= 11 is 0. The number of hydrogen-bond donors (Lipinski definition) is 3. The van der Waals surface area contributed by atoms with Crippen LogP contribution in [0.3, 0.4) is 0 Å². The number of nitrogens with zero attached hydrogens (tertiary/aromatic N) is 4. The zero-order valence-corrected chi connectivity index (χ0v) is 27.0. The maximum Gasteiger partial charge on any atom is 0.257 e. The van der Waals surface area contributed by atoms with E-state index >= 15 is 0 Å². The largest absolute Gasteiger partial charge is 0.495 e. The number of fused-ring (bicyclic) bond motifs is 3. The third-order valence-electron chi connectivity index (χ3n) is 9.44. The Morgan fingerprint density at radius 2 is 1.87 bits per heavy atom. The van der Waals surface area contributed by atoms with E-state index in [-0.39, 0.29) is 17.9 Å². The van der Waals surface area contributed by atoms with E-state index in [0.29, 0.717) is 11.6 Å². The second-order valence-corrected chi connectivity index (χ2v) is 12.3. The van der Waals surface area contributed by atoms with Crippen LogP contribution in [0.15, 0.2) is 82.0 Å². The Morgan fingerprint density at radius 1 is 1.11 bits per heavy atom. The van der Waals surface area contributed by atoms with Crippen LogP contribution in [0.2, 0.25) is 0 Å². The minimum atomic E-state index is -0.390. The third kappa shape index (κ3) is 6.32. The number of hydrogen-bond acceptors (Lipinski definition) is 8. The minimum absolute atomic E-state index is 0.00763. The summed E-state index contributed by atoms with van der Waals surface area (Å²) in [5, 5.41) is 10.4. The summed E-state index contributed by atoms with van der Waals surface area (Å²) in [5.74, 6) is 0.644. The van der Waals surface area contributed by atoms with Crippen molar-refractivity contribution in [3.8, 4) is 5.75 Å². The van der Waals surface area contributed by atoms with Crippen LogP contribution in [0.25, 0.3) is 0 Å². The summed E-state index contributed by atoms with van der Waals surface area (Å²) in [6, 6.07) is 13.0. The molecule has 0 aromatic heterocycles. The molecule has 3 unspecified atom stereocenters. The second kappa shape index (κ2) is 13.4. The quantitative estimate of drug-likeness (QED) is 0.364. The number of para-hydroxylation sites is 1. The smallest absolute Gasteiger partial charge is 0.257 e. The van der Waals surface area contributed by atoms with Gasteiger partial charge in [-0.15, -0.1) is 0 Å². The molecule has 6 rings (SSSR count). The standard InChI is InChI=1S/C36H45N7O2/c1-6-23-10-8-11-24(7-2)32(23)40-35(44)29-22-37-34-28(29)13-9-12-25-21-38-36(41-33(25)34)39-30-15-14-27(20-31(30)45-5)43-18-16-26(17-19-43)42(3)4/h8-15,20-22,25-26,33,36,39,41H,6-7,16-19H2,1-5H3,(H,40,44). The predicted molar refractivity (Wildman–Crippen MR) is 185 cm³/mol. The summed E-state index contributed by atoms with van der Waals surface area (Å²) in [4.78, 5) is 28.0. The number of benzene rings is 2. The normalized spacial score (nSPS) is 22.7. The van der Waals surface area contributed by atoms with E-state index in [4.69, 9.17) is 14.7 Å². The van der Waals surface area contributed by atoms with Crippen LogP contribution in [0.5, 0.6) is 5.75 Å². The Labute approximate surface area is 266 Å². The Morgan fingerprint density at radius 3 is 2.56 bits per heavy atom. The van der Waals surface area contributed by atoms with Crippen molar-refractivity contribution < 1.29 is 9.53 Å². The SMILES string of the molecule is CCc1cccc(CC)c1NC(=O)C1=CN=C2C1=CC=CC1C=NC(Nc3ccc(N4CCC(N(C)C)CC4)cc3OC)NC21. The van der Waals surface area contributed by atoms with Gasteiger partial charge >= 0.3 is 0 Å². The van der Waals surface area contributed by atoms with Crippen molar-refractivity contribution in [3.63, 3.8) is 0 Å². The number of rotatable bonds is 9. The highest BCUT2D eigenvalue weighted by atomic mass is 16.5. The van der Waals surface area contributed by atoms with Crippen molar-refractivity contribution in [2.45, 2.75) is 57.9 Å². The molecule has 3 heterocycles. The molecular formula is C36H45N7O2. The van der Waals surface area contributed by atoms with E-state index in [0.717, 1.165) is 78.3 Å². The molecule has 0 saturated carbocycles. The summed E-state index contributed by atoms with van der Waals surface area (Å²) < 4.78 is 5.82. The molecule has 2 aromatic carbocycles. The molecule has 0 spiro atoms. The molecule has 3 N–H and O–H groups in total. The Bertz CT molecular complexity index is 1560. The van der Waals surface area contributed by atoms with Gasteiger partial charge < -0.3 is 25.2 Å². The first kappa shape index (κ1) is 30.8. The molecule has 3 aliphatic heterocycles.